The highest BCUT2D eigenvalue weighted by Crippen LogP contribution is 2.37. The first-order valence-electron chi connectivity index (χ1n) is 8.92. The molecule has 0 fully saturated rings. The van der Waals surface area contributed by atoms with E-state index in [0.29, 0.717) is 5.95 Å². The molecule has 0 radical (unpaired) electrons. The first-order chi connectivity index (χ1) is 14.6. The number of fused-ring (bicyclic) bond motifs is 1. The summed E-state index contributed by atoms with van der Waals surface area (Å²) in [5, 5.41) is 16.2. The van der Waals surface area contributed by atoms with Gasteiger partial charge >= 0.3 is 0 Å². The lowest BCUT2D eigenvalue weighted by Gasteiger charge is -2.20. The number of aromatic nitrogens is 3. The molecule has 1 unspecified atom stereocenters. The number of aliphatic hydroxyl groups is 1. The average molecular weight is 507 g/mol. The normalized spacial score (nSPS) is 18.5. The van der Waals surface area contributed by atoms with Crippen molar-refractivity contribution >= 4 is 60.1 Å². The molecule has 2 aromatic rings. The third kappa shape index (κ3) is 5.18. The van der Waals surface area contributed by atoms with Crippen molar-refractivity contribution < 1.29 is 21.9 Å². The highest BCUT2D eigenvalue weighted by Gasteiger charge is 2.43. The van der Waals surface area contributed by atoms with Crippen LogP contribution in [0.1, 0.15) is 5.69 Å². The smallest absolute Gasteiger partial charge is 0.235 e. The Hall–Kier alpha value is -1.78. The maximum Gasteiger partial charge on any atom is 0.235 e. The van der Waals surface area contributed by atoms with E-state index in [4.69, 9.17) is 0 Å². The Balaban J connectivity index is 1.63. The van der Waals surface area contributed by atoms with Crippen molar-refractivity contribution in [3.63, 3.8) is 0 Å². The molecule has 1 aliphatic heterocycles. The summed E-state index contributed by atoms with van der Waals surface area (Å²) < 4.78 is 49.5. The molecule has 0 bridgehead atoms. The van der Waals surface area contributed by atoms with Crippen LogP contribution in [0.2, 0.25) is 0 Å². The number of hydrogen-bond acceptors (Lipinski definition) is 12. The van der Waals surface area contributed by atoms with Gasteiger partial charge in [-0.05, 0) is 18.4 Å². The van der Waals surface area contributed by atoms with Gasteiger partial charge in [0.1, 0.15) is 0 Å². The number of sulfone groups is 1. The molecule has 11 nitrogen and oxygen atoms in total. The number of rotatable bonds is 9. The van der Waals surface area contributed by atoms with E-state index in [9.17, 15) is 21.9 Å². The Labute approximate surface area is 189 Å². The quantitative estimate of drug-likeness (QED) is 0.409. The molecule has 0 aromatic carbocycles. The molecule has 1 aliphatic rings. The predicted molar refractivity (Wildman–Crippen MR) is 122 cm³/mol. The second kappa shape index (κ2) is 9.38. The van der Waals surface area contributed by atoms with E-state index in [1.807, 2.05) is 6.26 Å². The van der Waals surface area contributed by atoms with Crippen LogP contribution in [0.25, 0.3) is 6.08 Å². The molecule has 170 valence electrons. The van der Waals surface area contributed by atoms with Gasteiger partial charge in [0.15, 0.2) is 9.34 Å². The number of nitrogens with one attached hydrogen (secondary N) is 2. The van der Waals surface area contributed by atoms with Crippen molar-refractivity contribution in [2.75, 3.05) is 44.1 Å². The van der Waals surface area contributed by atoms with Crippen LogP contribution < -0.4 is 10.6 Å². The molecule has 0 saturated carbocycles. The number of aliphatic hydroxyl groups excluding tert-OH is 1. The summed E-state index contributed by atoms with van der Waals surface area (Å²) >= 11 is 2.35. The Morgan fingerprint density at radius 3 is 2.52 bits per heavy atom. The molecule has 3 heterocycles. The summed E-state index contributed by atoms with van der Waals surface area (Å²) in [6.07, 6.45) is 6.93. The number of anilines is 2. The number of hydrogen-bond donors (Lipinski definition) is 3. The van der Waals surface area contributed by atoms with Crippen LogP contribution >= 0.6 is 23.1 Å². The maximum atomic E-state index is 12.8. The van der Waals surface area contributed by atoms with Crippen LogP contribution in [0.4, 0.5) is 11.1 Å². The zero-order valence-electron chi connectivity index (χ0n) is 16.9. The third-order valence-corrected chi connectivity index (χ3v) is 11.4. The van der Waals surface area contributed by atoms with Crippen molar-refractivity contribution in [3.05, 3.63) is 24.2 Å². The minimum absolute atomic E-state index is 0.0888. The van der Waals surface area contributed by atoms with Gasteiger partial charge in [-0.25, -0.2) is 36.1 Å². The summed E-state index contributed by atoms with van der Waals surface area (Å²) in [7, 11) is -5.63. The molecule has 2 aromatic heterocycles. The third-order valence-electron chi connectivity index (χ3n) is 4.25. The summed E-state index contributed by atoms with van der Waals surface area (Å²) in [5.74, 6) is 0.380. The second-order valence-electron chi connectivity index (χ2n) is 6.65. The minimum Gasteiger partial charge on any atom is -0.389 e. The van der Waals surface area contributed by atoms with E-state index in [0.717, 1.165) is 26.6 Å². The van der Waals surface area contributed by atoms with E-state index in [1.165, 1.54) is 31.9 Å². The maximum absolute atomic E-state index is 12.8. The van der Waals surface area contributed by atoms with Gasteiger partial charge in [0, 0.05) is 44.5 Å². The van der Waals surface area contributed by atoms with E-state index in [2.05, 4.69) is 25.6 Å². The van der Waals surface area contributed by atoms with Crippen molar-refractivity contribution in [1.29, 1.82) is 0 Å². The Morgan fingerprint density at radius 2 is 1.90 bits per heavy atom. The molecular formula is C16H22N6O5S4. The molecule has 3 N–H and O–H groups in total. The summed E-state index contributed by atoms with van der Waals surface area (Å²) in [6, 6.07) is 0. The van der Waals surface area contributed by atoms with Gasteiger partial charge < -0.3 is 15.7 Å². The Morgan fingerprint density at radius 1 is 1.26 bits per heavy atom. The average Bonchev–Trinajstić information content (AvgIpc) is 3.15. The lowest BCUT2D eigenvalue weighted by atomic mass is 10.3. The molecule has 0 aliphatic carbocycles. The summed E-state index contributed by atoms with van der Waals surface area (Å²) in [5.41, 5.74) is 0.174. The van der Waals surface area contributed by atoms with Crippen LogP contribution in [-0.2, 0) is 19.9 Å². The Bertz CT molecular complexity index is 1160. The molecular weight excluding hydrogens is 484 g/mol. The monoisotopic (exact) mass is 506 g/mol. The topological polar surface area (TPSA) is 154 Å². The van der Waals surface area contributed by atoms with Gasteiger partial charge in [0.25, 0.3) is 0 Å². The second-order valence-corrected chi connectivity index (χ2v) is 13.4. The zero-order chi connectivity index (χ0) is 22.8. The largest absolute Gasteiger partial charge is 0.389 e. The van der Waals surface area contributed by atoms with E-state index in [1.54, 1.807) is 12.4 Å². The van der Waals surface area contributed by atoms with Crippen molar-refractivity contribution in [1.82, 2.24) is 19.3 Å². The first kappa shape index (κ1) is 23.9. The Kier molecular flexibility index (Phi) is 7.22. The van der Waals surface area contributed by atoms with Crippen LogP contribution in [0.3, 0.4) is 0 Å². The number of nitrogens with zero attached hydrogens (tertiary/aromatic N) is 4. The molecule has 3 rings (SSSR count). The molecule has 0 amide bonds. The minimum atomic E-state index is -4.15. The van der Waals surface area contributed by atoms with Crippen LogP contribution in [-0.4, -0.2) is 85.3 Å². The van der Waals surface area contributed by atoms with Crippen molar-refractivity contribution in [2.24, 2.45) is 0 Å². The number of thiazole rings is 1. The van der Waals surface area contributed by atoms with Gasteiger partial charge in [-0.1, -0.05) is 11.3 Å². The van der Waals surface area contributed by atoms with Gasteiger partial charge in [-0.3, -0.25) is 0 Å². The molecule has 0 saturated heterocycles. The van der Waals surface area contributed by atoms with E-state index < -0.39 is 30.5 Å². The fraction of sp³-hybridized carbons (Fsp3) is 0.438. The summed E-state index contributed by atoms with van der Waals surface area (Å²) in [4.78, 5) is 13.4. The van der Waals surface area contributed by atoms with E-state index >= 15 is 0 Å². The number of thioether (sulfide) groups is 1. The fourth-order valence-corrected chi connectivity index (χ4v) is 8.43. The lowest BCUT2D eigenvalue weighted by molar-refractivity contribution is 0.200. The van der Waals surface area contributed by atoms with Gasteiger partial charge in [-0.2, -0.15) is 0 Å². The standard InChI is InChI=1S/C16H22N6O5S4/c1-22(2)31(26,27)13-5-4-12-14(30(13,24)25)29-16(21-12)20-7-10(23)6-17-15-18-8-11(28-3)9-19-15/h4-5,8-10,13,23H,6-7H2,1-3H3,(H,20,21)(H,17,18,19)/t10-,13?/m0/s1. The van der Waals surface area contributed by atoms with Crippen molar-refractivity contribution in [3.8, 4) is 0 Å². The molecule has 2 atom stereocenters. The fourth-order valence-electron chi connectivity index (χ4n) is 2.55. The van der Waals surface area contributed by atoms with Crippen LogP contribution in [0.15, 0.2) is 27.6 Å². The van der Waals surface area contributed by atoms with Gasteiger partial charge in [0.05, 0.1) is 11.8 Å². The highest BCUT2D eigenvalue weighted by molar-refractivity contribution is 8.09. The van der Waals surface area contributed by atoms with Crippen LogP contribution in [0, 0.1) is 0 Å². The number of sulfonamides is 1. The SMILES string of the molecule is CSc1cnc(NC[C@H](O)CNc2nc3c(s2)S(=O)(=O)C(S(=O)(=O)N(C)C)C=C3)nc1. The van der Waals surface area contributed by atoms with Crippen LogP contribution in [0.5, 0.6) is 0 Å². The van der Waals surface area contributed by atoms with Gasteiger partial charge in [0.2, 0.25) is 30.4 Å². The zero-order valence-corrected chi connectivity index (χ0v) is 20.1. The molecule has 0 spiro atoms. The first-order valence-corrected chi connectivity index (χ1v) is 14.0. The predicted octanol–water partition coefficient (Wildman–Crippen LogP) is 0.558. The summed E-state index contributed by atoms with van der Waals surface area (Å²) in [6.45, 7) is 0.254. The van der Waals surface area contributed by atoms with E-state index in [-0.39, 0.29) is 28.1 Å². The lowest BCUT2D eigenvalue weighted by Crippen LogP contribution is -2.38. The molecule has 15 heteroatoms. The highest BCUT2D eigenvalue weighted by atomic mass is 32.3. The van der Waals surface area contributed by atoms with Crippen molar-refractivity contribution in [2.45, 2.75) is 19.8 Å². The molecule has 31 heavy (non-hydrogen) atoms. The van der Waals surface area contributed by atoms with Gasteiger partial charge in [-0.15, -0.1) is 11.8 Å².